The molecule has 0 bridgehead atoms. The Labute approximate surface area is 125 Å². The summed E-state index contributed by atoms with van der Waals surface area (Å²) in [6, 6.07) is 5.61. The van der Waals surface area contributed by atoms with Crippen molar-refractivity contribution in [2.45, 2.75) is 25.3 Å². The Balaban J connectivity index is 1.80. The number of hydrogen-bond acceptors (Lipinski definition) is 4. The molecule has 1 aromatic rings. The molecule has 2 aliphatic rings. The summed E-state index contributed by atoms with van der Waals surface area (Å²) in [6.45, 7) is 2.32. The van der Waals surface area contributed by atoms with E-state index >= 15 is 0 Å². The standard InChI is InChI=1S/C16H22N2O3/c1-20-13-4-5-15(17)14(8-13)16(19)18(12-2-3-12)9-11-6-7-21-10-11/h4-5,8,11-12H,2-3,6-7,9-10,17H2,1H3. The van der Waals surface area contributed by atoms with Gasteiger partial charge in [-0.05, 0) is 37.5 Å². The van der Waals surface area contributed by atoms with Gasteiger partial charge in [-0.3, -0.25) is 4.79 Å². The summed E-state index contributed by atoms with van der Waals surface area (Å²) in [5.74, 6) is 1.12. The van der Waals surface area contributed by atoms with Crippen LogP contribution in [0, 0.1) is 5.92 Å². The molecule has 0 aromatic heterocycles. The molecule has 1 unspecified atom stereocenters. The highest BCUT2D eigenvalue weighted by atomic mass is 16.5. The Bertz CT molecular complexity index is 522. The van der Waals surface area contributed by atoms with E-state index in [0.29, 0.717) is 29.0 Å². The van der Waals surface area contributed by atoms with Crippen LogP contribution in [0.4, 0.5) is 5.69 Å². The molecule has 1 saturated heterocycles. The van der Waals surface area contributed by atoms with E-state index in [1.54, 1.807) is 25.3 Å². The second-order valence-corrected chi connectivity index (χ2v) is 5.87. The Kier molecular flexibility index (Phi) is 4.01. The van der Waals surface area contributed by atoms with Crippen molar-refractivity contribution in [2.75, 3.05) is 32.6 Å². The van der Waals surface area contributed by atoms with Crippen LogP contribution in [0.25, 0.3) is 0 Å². The van der Waals surface area contributed by atoms with E-state index in [0.717, 1.165) is 39.0 Å². The fraction of sp³-hybridized carbons (Fsp3) is 0.562. The Morgan fingerprint density at radius 1 is 1.43 bits per heavy atom. The molecule has 21 heavy (non-hydrogen) atoms. The molecule has 0 spiro atoms. The van der Waals surface area contributed by atoms with Crippen LogP contribution in [0.1, 0.15) is 29.6 Å². The first-order valence-electron chi connectivity index (χ1n) is 7.51. The van der Waals surface area contributed by atoms with Crippen molar-refractivity contribution in [1.82, 2.24) is 4.90 Å². The van der Waals surface area contributed by atoms with Crippen molar-refractivity contribution >= 4 is 11.6 Å². The lowest BCUT2D eigenvalue weighted by atomic mass is 10.1. The molecule has 5 heteroatoms. The highest BCUT2D eigenvalue weighted by Crippen LogP contribution is 2.32. The van der Waals surface area contributed by atoms with E-state index in [1.807, 2.05) is 4.90 Å². The zero-order chi connectivity index (χ0) is 14.8. The van der Waals surface area contributed by atoms with E-state index in [1.165, 1.54) is 0 Å². The summed E-state index contributed by atoms with van der Waals surface area (Å²) < 4.78 is 10.6. The Morgan fingerprint density at radius 3 is 2.86 bits per heavy atom. The van der Waals surface area contributed by atoms with Gasteiger partial charge in [0.1, 0.15) is 5.75 Å². The van der Waals surface area contributed by atoms with Crippen molar-refractivity contribution < 1.29 is 14.3 Å². The molecule has 2 fully saturated rings. The number of benzene rings is 1. The lowest BCUT2D eigenvalue weighted by Crippen LogP contribution is -2.37. The number of ether oxygens (including phenoxy) is 2. The fourth-order valence-electron chi connectivity index (χ4n) is 2.79. The molecule has 1 aromatic carbocycles. The molecule has 1 amide bonds. The minimum absolute atomic E-state index is 0.0146. The number of carbonyl (C=O) groups excluding carboxylic acids is 1. The Hall–Kier alpha value is -1.75. The molecule has 1 aliphatic heterocycles. The fourth-order valence-corrected chi connectivity index (χ4v) is 2.79. The van der Waals surface area contributed by atoms with Crippen LogP contribution in [0.15, 0.2) is 18.2 Å². The number of nitrogen functional groups attached to an aromatic ring is 1. The number of amides is 1. The van der Waals surface area contributed by atoms with Crippen molar-refractivity contribution in [3.8, 4) is 5.75 Å². The van der Waals surface area contributed by atoms with E-state index < -0.39 is 0 Å². The van der Waals surface area contributed by atoms with Crippen molar-refractivity contribution in [1.29, 1.82) is 0 Å². The second-order valence-electron chi connectivity index (χ2n) is 5.87. The lowest BCUT2D eigenvalue weighted by molar-refractivity contribution is 0.0707. The Morgan fingerprint density at radius 2 is 2.24 bits per heavy atom. The lowest BCUT2D eigenvalue weighted by Gasteiger charge is -2.26. The quantitative estimate of drug-likeness (QED) is 0.841. The molecule has 5 nitrogen and oxygen atoms in total. The zero-order valence-corrected chi connectivity index (χ0v) is 12.4. The first-order chi connectivity index (χ1) is 10.2. The summed E-state index contributed by atoms with van der Waals surface area (Å²) in [5, 5.41) is 0. The molecule has 1 heterocycles. The summed E-state index contributed by atoms with van der Waals surface area (Å²) in [5.41, 5.74) is 7.03. The number of nitrogens with zero attached hydrogens (tertiary/aromatic N) is 1. The zero-order valence-electron chi connectivity index (χ0n) is 12.4. The predicted molar refractivity (Wildman–Crippen MR) is 80.4 cm³/mol. The molecular formula is C16H22N2O3. The third kappa shape index (κ3) is 3.13. The number of anilines is 1. The van der Waals surface area contributed by atoms with E-state index in [4.69, 9.17) is 15.2 Å². The highest BCUT2D eigenvalue weighted by molar-refractivity contribution is 5.99. The van der Waals surface area contributed by atoms with E-state index in [2.05, 4.69) is 0 Å². The molecule has 114 valence electrons. The second kappa shape index (κ2) is 5.93. The average molecular weight is 290 g/mol. The number of methoxy groups -OCH3 is 1. The van der Waals surface area contributed by atoms with Crippen LogP contribution < -0.4 is 10.5 Å². The molecule has 2 N–H and O–H groups in total. The van der Waals surface area contributed by atoms with Gasteiger partial charge in [-0.15, -0.1) is 0 Å². The number of rotatable bonds is 5. The first-order valence-corrected chi connectivity index (χ1v) is 7.51. The third-order valence-electron chi connectivity index (χ3n) is 4.22. The van der Waals surface area contributed by atoms with Gasteiger partial charge in [-0.2, -0.15) is 0 Å². The van der Waals surface area contributed by atoms with Gasteiger partial charge in [0.25, 0.3) is 5.91 Å². The minimum atomic E-state index is 0.0146. The molecular weight excluding hydrogens is 268 g/mol. The third-order valence-corrected chi connectivity index (χ3v) is 4.22. The maximum absolute atomic E-state index is 12.9. The smallest absolute Gasteiger partial charge is 0.256 e. The summed E-state index contributed by atoms with van der Waals surface area (Å²) in [7, 11) is 1.59. The van der Waals surface area contributed by atoms with Gasteiger partial charge in [-0.25, -0.2) is 0 Å². The average Bonchev–Trinajstić information content (AvgIpc) is 3.21. The molecule has 0 radical (unpaired) electrons. The van der Waals surface area contributed by atoms with Crippen LogP contribution in [0.3, 0.4) is 0 Å². The SMILES string of the molecule is COc1ccc(N)c(C(=O)N(CC2CCOC2)C2CC2)c1. The van der Waals surface area contributed by atoms with Gasteiger partial charge in [0.15, 0.2) is 0 Å². The number of carbonyl (C=O) groups is 1. The maximum Gasteiger partial charge on any atom is 0.256 e. The van der Waals surface area contributed by atoms with Gasteiger partial charge in [-0.1, -0.05) is 0 Å². The van der Waals surface area contributed by atoms with Crippen LogP contribution in [0.5, 0.6) is 5.75 Å². The topological polar surface area (TPSA) is 64.8 Å². The van der Waals surface area contributed by atoms with Crippen molar-refractivity contribution in [3.05, 3.63) is 23.8 Å². The number of nitrogens with two attached hydrogens (primary N) is 1. The van der Waals surface area contributed by atoms with Crippen LogP contribution in [-0.2, 0) is 4.74 Å². The van der Waals surface area contributed by atoms with Crippen LogP contribution >= 0.6 is 0 Å². The minimum Gasteiger partial charge on any atom is -0.497 e. The molecule has 1 aliphatic carbocycles. The first kappa shape index (κ1) is 14.2. The van der Waals surface area contributed by atoms with E-state index in [-0.39, 0.29) is 5.91 Å². The predicted octanol–water partition coefficient (Wildman–Crippen LogP) is 1.92. The van der Waals surface area contributed by atoms with Crippen LogP contribution in [-0.4, -0.2) is 43.7 Å². The molecule has 1 saturated carbocycles. The highest BCUT2D eigenvalue weighted by Gasteiger charge is 2.35. The van der Waals surface area contributed by atoms with Crippen molar-refractivity contribution in [3.63, 3.8) is 0 Å². The van der Waals surface area contributed by atoms with Gasteiger partial charge in [0, 0.05) is 30.8 Å². The van der Waals surface area contributed by atoms with Crippen molar-refractivity contribution in [2.24, 2.45) is 5.92 Å². The maximum atomic E-state index is 12.9. The van der Waals surface area contributed by atoms with Gasteiger partial charge >= 0.3 is 0 Å². The van der Waals surface area contributed by atoms with Gasteiger partial charge in [0.2, 0.25) is 0 Å². The summed E-state index contributed by atoms with van der Waals surface area (Å²) in [6.07, 6.45) is 3.20. The van der Waals surface area contributed by atoms with Gasteiger partial charge in [0.05, 0.1) is 19.3 Å². The monoisotopic (exact) mass is 290 g/mol. The number of hydrogen-bond donors (Lipinski definition) is 1. The van der Waals surface area contributed by atoms with Gasteiger partial charge < -0.3 is 20.1 Å². The molecule has 1 atom stereocenters. The van der Waals surface area contributed by atoms with Crippen LogP contribution in [0.2, 0.25) is 0 Å². The molecule has 3 rings (SSSR count). The summed E-state index contributed by atoms with van der Waals surface area (Å²) >= 11 is 0. The largest absolute Gasteiger partial charge is 0.497 e. The summed E-state index contributed by atoms with van der Waals surface area (Å²) in [4.78, 5) is 14.8. The van der Waals surface area contributed by atoms with E-state index in [9.17, 15) is 4.79 Å². The normalized spacial score (nSPS) is 21.3.